The highest BCUT2D eigenvalue weighted by Gasteiger charge is 2.53. The Morgan fingerprint density at radius 3 is 2.82 bits per heavy atom. The van der Waals surface area contributed by atoms with E-state index in [2.05, 4.69) is 20.3 Å². The molecule has 0 aromatic carbocycles. The number of nitrogens with zero attached hydrogens (tertiary/aromatic N) is 4. The first-order valence-corrected chi connectivity index (χ1v) is 6.60. The van der Waals surface area contributed by atoms with Gasteiger partial charge in [-0.05, 0) is 6.92 Å². The lowest BCUT2D eigenvalue weighted by Crippen LogP contribution is -2.42. The summed E-state index contributed by atoms with van der Waals surface area (Å²) in [7, 11) is 1.54. The number of aliphatic hydroxyl groups excluding tert-OH is 2. The zero-order valence-corrected chi connectivity index (χ0v) is 11.9. The molecule has 1 fully saturated rings. The van der Waals surface area contributed by atoms with E-state index in [-0.39, 0.29) is 17.0 Å². The number of rotatable bonds is 3. The molecule has 1 aliphatic heterocycles. The Hall–Kier alpha value is -1.91. The molecule has 8 nitrogen and oxygen atoms in total. The molecular formula is C12H15F2N5O3. The fraction of sp³-hybridized carbons (Fsp3) is 0.583. The van der Waals surface area contributed by atoms with Gasteiger partial charge in [-0.25, -0.2) is 9.37 Å². The topological polar surface area (TPSA) is 105 Å². The van der Waals surface area contributed by atoms with Gasteiger partial charge in [-0.15, -0.1) is 0 Å². The molecule has 0 radical (unpaired) electrons. The first kappa shape index (κ1) is 15.0. The van der Waals surface area contributed by atoms with Crippen molar-refractivity contribution in [3.63, 3.8) is 0 Å². The van der Waals surface area contributed by atoms with E-state index in [1.807, 2.05) is 0 Å². The Balaban J connectivity index is 2.10. The van der Waals surface area contributed by atoms with Crippen molar-refractivity contribution in [2.45, 2.75) is 31.0 Å². The highest BCUT2D eigenvalue weighted by atomic mass is 19.1. The van der Waals surface area contributed by atoms with Gasteiger partial charge in [0.25, 0.3) is 0 Å². The number of hydrogen-bond donors (Lipinski definition) is 3. The molecule has 0 aliphatic carbocycles. The smallest absolute Gasteiger partial charge is 0.312 e. The Morgan fingerprint density at radius 1 is 1.50 bits per heavy atom. The van der Waals surface area contributed by atoms with Gasteiger partial charge in [0.2, 0.25) is 0 Å². The number of fused-ring (bicyclic) bond motifs is 1. The summed E-state index contributed by atoms with van der Waals surface area (Å²) < 4.78 is 34.5. The minimum absolute atomic E-state index is 0.0267. The zero-order valence-electron chi connectivity index (χ0n) is 11.9. The lowest BCUT2D eigenvalue weighted by Gasteiger charge is -2.24. The minimum Gasteiger partial charge on any atom is -0.393 e. The van der Waals surface area contributed by atoms with E-state index in [4.69, 9.17) is 4.74 Å². The van der Waals surface area contributed by atoms with E-state index >= 15 is 0 Å². The molecule has 0 saturated carbocycles. The van der Waals surface area contributed by atoms with Crippen LogP contribution in [-0.2, 0) is 4.74 Å². The molecule has 0 amide bonds. The average molecular weight is 315 g/mol. The first-order valence-electron chi connectivity index (χ1n) is 6.60. The molecule has 22 heavy (non-hydrogen) atoms. The first-order chi connectivity index (χ1) is 10.4. The molecule has 4 atom stereocenters. The standard InChI is InChI=1S/C12H15F2N5O3/c1-12(3-20)7(21)5(13)10(22-12)19-4-16-6-8(15-2)17-11(14)18-9(6)19/h4-5,7,10,20-21H,3H2,1-2H3,(H,15,17,18)/t5-,7+,10-,12-/m1/s1. The maximum Gasteiger partial charge on any atom is 0.312 e. The number of aromatic nitrogens is 4. The van der Waals surface area contributed by atoms with Gasteiger partial charge in [0.05, 0.1) is 12.9 Å². The Bertz CT molecular complexity index is 711. The van der Waals surface area contributed by atoms with Gasteiger partial charge in [-0.2, -0.15) is 14.4 Å². The SMILES string of the molecule is CNc1nc(F)nc2c1ncn2[C@@H]1O[C@](C)(CO)[C@@H](O)[C@H]1F. The monoisotopic (exact) mass is 315 g/mol. The number of halogens is 2. The van der Waals surface area contributed by atoms with Crippen LogP contribution in [-0.4, -0.2) is 61.3 Å². The predicted molar refractivity (Wildman–Crippen MR) is 71.3 cm³/mol. The molecule has 3 heterocycles. The van der Waals surface area contributed by atoms with Crippen LogP contribution in [0.3, 0.4) is 0 Å². The minimum atomic E-state index is -1.83. The Kier molecular flexibility index (Phi) is 3.46. The second kappa shape index (κ2) is 5.07. The van der Waals surface area contributed by atoms with Crippen LogP contribution in [0.5, 0.6) is 0 Å². The number of imidazole rings is 1. The van der Waals surface area contributed by atoms with E-state index in [9.17, 15) is 19.0 Å². The van der Waals surface area contributed by atoms with Crippen LogP contribution in [0.25, 0.3) is 11.2 Å². The molecule has 3 rings (SSSR count). The maximum absolute atomic E-state index is 14.4. The van der Waals surface area contributed by atoms with Crippen molar-refractivity contribution in [3.05, 3.63) is 12.4 Å². The summed E-state index contributed by atoms with van der Waals surface area (Å²) in [6, 6.07) is 0. The molecule has 3 N–H and O–H groups in total. The Labute approximate surface area is 123 Å². The fourth-order valence-electron chi connectivity index (χ4n) is 2.49. The molecule has 2 aromatic heterocycles. The number of hydrogen-bond acceptors (Lipinski definition) is 7. The predicted octanol–water partition coefficient (Wildman–Crippen LogP) is -0.0141. The highest BCUT2D eigenvalue weighted by molar-refractivity contribution is 5.82. The fourth-order valence-corrected chi connectivity index (χ4v) is 2.49. The van der Waals surface area contributed by atoms with Gasteiger partial charge in [-0.3, -0.25) is 4.57 Å². The molecule has 2 aromatic rings. The normalized spacial score (nSPS) is 31.8. The zero-order chi connectivity index (χ0) is 16.1. The number of aliphatic hydroxyl groups is 2. The van der Waals surface area contributed by atoms with Gasteiger partial charge in [-0.1, -0.05) is 0 Å². The van der Waals surface area contributed by atoms with Gasteiger partial charge in [0.15, 0.2) is 29.4 Å². The summed E-state index contributed by atoms with van der Waals surface area (Å²) in [5.41, 5.74) is -1.19. The molecule has 120 valence electrons. The molecule has 10 heteroatoms. The number of nitrogens with one attached hydrogen (secondary N) is 1. The van der Waals surface area contributed by atoms with Crippen LogP contribution in [0.1, 0.15) is 13.2 Å². The van der Waals surface area contributed by atoms with Gasteiger partial charge in [0.1, 0.15) is 11.7 Å². The van der Waals surface area contributed by atoms with Crippen LogP contribution in [0.4, 0.5) is 14.6 Å². The molecule has 0 unspecified atom stereocenters. The van der Waals surface area contributed by atoms with Crippen molar-refractivity contribution in [1.82, 2.24) is 19.5 Å². The van der Waals surface area contributed by atoms with Crippen LogP contribution >= 0.6 is 0 Å². The number of alkyl halides is 1. The second-order valence-electron chi connectivity index (χ2n) is 5.28. The summed E-state index contributed by atoms with van der Waals surface area (Å²) in [5, 5.41) is 21.9. The van der Waals surface area contributed by atoms with E-state index in [0.717, 1.165) is 0 Å². The third-order valence-electron chi connectivity index (χ3n) is 3.81. The van der Waals surface area contributed by atoms with Crippen molar-refractivity contribution in [3.8, 4) is 0 Å². The van der Waals surface area contributed by atoms with Crippen LogP contribution < -0.4 is 5.32 Å². The van der Waals surface area contributed by atoms with Gasteiger partial charge in [0, 0.05) is 7.05 Å². The van der Waals surface area contributed by atoms with Crippen LogP contribution in [0.15, 0.2) is 6.33 Å². The van der Waals surface area contributed by atoms with Crippen LogP contribution in [0.2, 0.25) is 0 Å². The third kappa shape index (κ3) is 2.02. The van der Waals surface area contributed by atoms with Crippen molar-refractivity contribution in [1.29, 1.82) is 0 Å². The van der Waals surface area contributed by atoms with Crippen molar-refractivity contribution >= 4 is 17.0 Å². The highest BCUT2D eigenvalue weighted by Crippen LogP contribution is 2.39. The van der Waals surface area contributed by atoms with E-state index in [1.165, 1.54) is 24.9 Å². The third-order valence-corrected chi connectivity index (χ3v) is 3.81. The number of ether oxygens (including phenoxy) is 1. The summed E-state index contributed by atoms with van der Waals surface area (Å²) in [6.07, 6.45) is -4.41. The largest absolute Gasteiger partial charge is 0.393 e. The molecule has 1 aliphatic rings. The lowest BCUT2D eigenvalue weighted by atomic mass is 9.99. The summed E-state index contributed by atoms with van der Waals surface area (Å²) >= 11 is 0. The average Bonchev–Trinajstić information content (AvgIpc) is 3.01. The second-order valence-corrected chi connectivity index (χ2v) is 5.28. The molecule has 1 saturated heterocycles. The van der Waals surface area contributed by atoms with E-state index in [0.29, 0.717) is 0 Å². The van der Waals surface area contributed by atoms with Crippen molar-refractivity contribution in [2.24, 2.45) is 0 Å². The van der Waals surface area contributed by atoms with Crippen molar-refractivity contribution < 1.29 is 23.7 Å². The van der Waals surface area contributed by atoms with E-state index in [1.54, 1.807) is 0 Å². The van der Waals surface area contributed by atoms with E-state index < -0.39 is 36.8 Å². The van der Waals surface area contributed by atoms with Gasteiger partial charge < -0.3 is 20.3 Å². The summed E-state index contributed by atoms with van der Waals surface area (Å²) in [4.78, 5) is 11.2. The quantitative estimate of drug-likeness (QED) is 0.684. The molecular weight excluding hydrogens is 300 g/mol. The summed E-state index contributed by atoms with van der Waals surface area (Å²) in [5.74, 6) is 0.153. The van der Waals surface area contributed by atoms with Crippen LogP contribution in [0, 0.1) is 6.08 Å². The van der Waals surface area contributed by atoms with Gasteiger partial charge >= 0.3 is 6.08 Å². The van der Waals surface area contributed by atoms with Crippen molar-refractivity contribution in [2.75, 3.05) is 19.0 Å². The molecule has 0 spiro atoms. The Morgan fingerprint density at radius 2 is 2.23 bits per heavy atom. The molecule has 0 bridgehead atoms. The maximum atomic E-state index is 14.4. The number of anilines is 1. The lowest BCUT2D eigenvalue weighted by molar-refractivity contribution is -0.115. The summed E-state index contributed by atoms with van der Waals surface area (Å²) in [6.45, 7) is 0.820.